The number of nitrogens with zero attached hydrogens (tertiary/aromatic N) is 1. The molecule has 14 heavy (non-hydrogen) atoms. The van der Waals surface area contributed by atoms with Crippen molar-refractivity contribution in [1.29, 1.82) is 0 Å². The van der Waals surface area contributed by atoms with Crippen LogP contribution in [0, 0.1) is 5.41 Å². The van der Waals surface area contributed by atoms with Crippen LogP contribution in [-0.4, -0.2) is 30.3 Å². The van der Waals surface area contributed by atoms with Crippen molar-refractivity contribution in [2.75, 3.05) is 13.1 Å². The fraction of sp³-hybridized carbons (Fsp3) is 0.917. The van der Waals surface area contributed by atoms with Crippen LogP contribution in [0.4, 0.5) is 0 Å². The molecule has 0 bridgehead atoms. The van der Waals surface area contributed by atoms with Gasteiger partial charge in [-0.05, 0) is 33.2 Å². The molecular formula is C12H25NO. The zero-order chi connectivity index (χ0) is 11.2. The molecule has 0 aliphatic carbocycles. The summed E-state index contributed by atoms with van der Waals surface area (Å²) in [5.74, 6) is 0. The van der Waals surface area contributed by atoms with E-state index >= 15 is 0 Å². The monoisotopic (exact) mass is 199 g/mol. The first-order valence-electron chi connectivity index (χ1n) is 5.75. The van der Waals surface area contributed by atoms with Gasteiger partial charge in [0.25, 0.3) is 0 Å². The highest BCUT2D eigenvalue weighted by molar-refractivity contribution is 5.59. The second kappa shape index (κ2) is 6.18. The van der Waals surface area contributed by atoms with Crippen molar-refractivity contribution >= 4 is 6.29 Å². The van der Waals surface area contributed by atoms with E-state index in [2.05, 4.69) is 39.5 Å². The number of hydrogen-bond acceptors (Lipinski definition) is 2. The molecule has 0 rings (SSSR count). The third kappa shape index (κ3) is 3.41. The van der Waals surface area contributed by atoms with E-state index in [0.29, 0.717) is 6.04 Å². The Balaban J connectivity index is 4.47. The third-order valence-corrected chi connectivity index (χ3v) is 3.31. The van der Waals surface area contributed by atoms with E-state index in [1.165, 1.54) is 0 Å². The number of carbonyl (C=O) groups is 1. The molecule has 2 heteroatoms. The fourth-order valence-electron chi connectivity index (χ4n) is 1.74. The van der Waals surface area contributed by atoms with E-state index in [1.54, 1.807) is 0 Å². The van der Waals surface area contributed by atoms with Crippen molar-refractivity contribution in [2.24, 2.45) is 5.41 Å². The van der Waals surface area contributed by atoms with Crippen LogP contribution >= 0.6 is 0 Å². The Labute approximate surface area is 88.7 Å². The maximum absolute atomic E-state index is 11.1. The van der Waals surface area contributed by atoms with E-state index in [1.807, 2.05) is 0 Å². The SMILES string of the molecule is CCN(CC(C=O)(CC)CC)C(C)C. The Kier molecular flexibility index (Phi) is 6.01. The first kappa shape index (κ1) is 13.6. The highest BCUT2D eigenvalue weighted by Gasteiger charge is 2.28. The molecule has 0 spiro atoms. The lowest BCUT2D eigenvalue weighted by Gasteiger charge is -2.34. The molecule has 0 radical (unpaired) electrons. The van der Waals surface area contributed by atoms with Crippen LogP contribution in [0.5, 0.6) is 0 Å². The maximum atomic E-state index is 11.1. The van der Waals surface area contributed by atoms with Gasteiger partial charge in [0, 0.05) is 18.0 Å². The molecular weight excluding hydrogens is 174 g/mol. The van der Waals surface area contributed by atoms with E-state index in [9.17, 15) is 4.79 Å². The largest absolute Gasteiger partial charge is 0.303 e. The Bertz CT molecular complexity index is 162. The molecule has 0 heterocycles. The molecule has 0 saturated carbocycles. The summed E-state index contributed by atoms with van der Waals surface area (Å²) < 4.78 is 0. The number of rotatable bonds is 7. The molecule has 0 saturated heterocycles. The van der Waals surface area contributed by atoms with E-state index in [-0.39, 0.29) is 5.41 Å². The highest BCUT2D eigenvalue weighted by atomic mass is 16.1. The first-order chi connectivity index (χ1) is 6.55. The smallest absolute Gasteiger partial charge is 0.127 e. The summed E-state index contributed by atoms with van der Waals surface area (Å²) >= 11 is 0. The van der Waals surface area contributed by atoms with Gasteiger partial charge in [-0.3, -0.25) is 0 Å². The van der Waals surface area contributed by atoms with Gasteiger partial charge in [0.2, 0.25) is 0 Å². The van der Waals surface area contributed by atoms with Crippen LogP contribution < -0.4 is 0 Å². The fourth-order valence-corrected chi connectivity index (χ4v) is 1.74. The molecule has 0 aliphatic rings. The summed E-state index contributed by atoms with van der Waals surface area (Å²) in [6.07, 6.45) is 3.03. The summed E-state index contributed by atoms with van der Waals surface area (Å²) in [6.45, 7) is 12.7. The van der Waals surface area contributed by atoms with Crippen molar-refractivity contribution in [3.8, 4) is 0 Å². The summed E-state index contributed by atoms with van der Waals surface area (Å²) in [5, 5.41) is 0. The maximum Gasteiger partial charge on any atom is 0.127 e. The summed E-state index contributed by atoms with van der Waals surface area (Å²) in [7, 11) is 0. The molecule has 0 unspecified atom stereocenters. The molecule has 0 atom stereocenters. The van der Waals surface area contributed by atoms with Gasteiger partial charge < -0.3 is 9.69 Å². The van der Waals surface area contributed by atoms with Gasteiger partial charge in [0.1, 0.15) is 6.29 Å². The van der Waals surface area contributed by atoms with Crippen LogP contribution in [0.25, 0.3) is 0 Å². The Morgan fingerprint density at radius 2 is 1.71 bits per heavy atom. The Hall–Kier alpha value is -0.370. The lowest BCUT2D eigenvalue weighted by atomic mass is 9.83. The molecule has 0 amide bonds. The Morgan fingerprint density at radius 3 is 1.93 bits per heavy atom. The van der Waals surface area contributed by atoms with Crippen molar-refractivity contribution in [1.82, 2.24) is 4.90 Å². The normalized spacial score (nSPS) is 12.5. The second-order valence-electron chi connectivity index (χ2n) is 4.34. The molecule has 84 valence electrons. The summed E-state index contributed by atoms with van der Waals surface area (Å²) in [4.78, 5) is 13.5. The molecule has 0 aliphatic heterocycles. The van der Waals surface area contributed by atoms with E-state index < -0.39 is 0 Å². The van der Waals surface area contributed by atoms with Crippen molar-refractivity contribution < 1.29 is 4.79 Å². The van der Waals surface area contributed by atoms with Crippen LogP contribution in [0.1, 0.15) is 47.5 Å². The zero-order valence-corrected chi connectivity index (χ0v) is 10.3. The second-order valence-corrected chi connectivity index (χ2v) is 4.34. The van der Waals surface area contributed by atoms with E-state index in [0.717, 1.165) is 32.2 Å². The molecule has 2 nitrogen and oxygen atoms in total. The first-order valence-corrected chi connectivity index (χ1v) is 5.75. The molecule has 0 N–H and O–H groups in total. The number of aldehydes is 1. The predicted molar refractivity (Wildman–Crippen MR) is 61.5 cm³/mol. The van der Waals surface area contributed by atoms with Crippen LogP contribution in [0.2, 0.25) is 0 Å². The minimum absolute atomic E-state index is 0.125. The molecule has 0 aromatic rings. The zero-order valence-electron chi connectivity index (χ0n) is 10.3. The topological polar surface area (TPSA) is 20.3 Å². The van der Waals surface area contributed by atoms with Crippen LogP contribution in [-0.2, 0) is 4.79 Å². The van der Waals surface area contributed by atoms with Gasteiger partial charge in [-0.25, -0.2) is 0 Å². The predicted octanol–water partition coefficient (Wildman–Crippen LogP) is 2.72. The quantitative estimate of drug-likeness (QED) is 0.588. The molecule has 0 fully saturated rings. The van der Waals surface area contributed by atoms with Gasteiger partial charge in [-0.1, -0.05) is 20.8 Å². The third-order valence-electron chi connectivity index (χ3n) is 3.31. The molecule has 0 aromatic heterocycles. The van der Waals surface area contributed by atoms with Crippen LogP contribution in [0.3, 0.4) is 0 Å². The average Bonchev–Trinajstić information content (AvgIpc) is 2.20. The Morgan fingerprint density at radius 1 is 1.21 bits per heavy atom. The number of carbonyl (C=O) groups excluding carboxylic acids is 1. The lowest BCUT2D eigenvalue weighted by Crippen LogP contribution is -2.41. The summed E-state index contributed by atoms with van der Waals surface area (Å²) in [5.41, 5.74) is -0.125. The molecule has 0 aromatic carbocycles. The summed E-state index contributed by atoms with van der Waals surface area (Å²) in [6, 6.07) is 0.525. The van der Waals surface area contributed by atoms with Gasteiger partial charge >= 0.3 is 0 Å². The van der Waals surface area contributed by atoms with Gasteiger partial charge in [0.05, 0.1) is 0 Å². The highest BCUT2D eigenvalue weighted by Crippen LogP contribution is 2.25. The van der Waals surface area contributed by atoms with E-state index in [4.69, 9.17) is 0 Å². The average molecular weight is 199 g/mol. The van der Waals surface area contributed by atoms with Gasteiger partial charge in [-0.2, -0.15) is 0 Å². The van der Waals surface area contributed by atoms with Crippen LogP contribution in [0.15, 0.2) is 0 Å². The van der Waals surface area contributed by atoms with Gasteiger partial charge in [0.15, 0.2) is 0 Å². The lowest BCUT2D eigenvalue weighted by molar-refractivity contribution is -0.118. The minimum Gasteiger partial charge on any atom is -0.303 e. The van der Waals surface area contributed by atoms with Crippen molar-refractivity contribution in [3.05, 3.63) is 0 Å². The van der Waals surface area contributed by atoms with Crippen molar-refractivity contribution in [3.63, 3.8) is 0 Å². The number of hydrogen-bond donors (Lipinski definition) is 0. The van der Waals surface area contributed by atoms with Crippen molar-refractivity contribution in [2.45, 2.75) is 53.5 Å². The standard InChI is InChI=1S/C12H25NO/c1-6-12(7-2,10-14)9-13(8-3)11(4)5/h10-11H,6-9H2,1-5H3. The van der Waals surface area contributed by atoms with Gasteiger partial charge in [-0.15, -0.1) is 0 Å². The minimum atomic E-state index is -0.125.